The molecular formula is C16H14FN5O. The normalized spacial score (nSPS) is 16.1. The highest BCUT2D eigenvalue weighted by atomic mass is 19.1. The van der Waals surface area contributed by atoms with Crippen molar-refractivity contribution in [3.8, 4) is 0 Å². The van der Waals surface area contributed by atoms with Crippen molar-refractivity contribution < 1.29 is 9.18 Å². The summed E-state index contributed by atoms with van der Waals surface area (Å²) in [5.74, 6) is 0.178. The maximum absolute atomic E-state index is 13.7. The van der Waals surface area contributed by atoms with Crippen molar-refractivity contribution in [1.29, 1.82) is 0 Å². The SMILES string of the molecule is O=C(NCc1nnc2ccccn12)C1Cc2c(F)cccc2N1. The monoisotopic (exact) mass is 311 g/mol. The lowest BCUT2D eigenvalue weighted by atomic mass is 10.1. The second-order valence-electron chi connectivity index (χ2n) is 5.43. The number of rotatable bonds is 3. The van der Waals surface area contributed by atoms with Crippen molar-refractivity contribution in [2.45, 2.75) is 19.0 Å². The summed E-state index contributed by atoms with van der Waals surface area (Å²) in [6.07, 6.45) is 2.18. The van der Waals surface area contributed by atoms with E-state index < -0.39 is 6.04 Å². The van der Waals surface area contributed by atoms with E-state index in [0.29, 0.717) is 23.5 Å². The van der Waals surface area contributed by atoms with Crippen LogP contribution in [0.5, 0.6) is 0 Å². The zero-order valence-corrected chi connectivity index (χ0v) is 12.2. The number of hydrogen-bond donors (Lipinski definition) is 2. The molecule has 0 saturated carbocycles. The Morgan fingerprint density at radius 2 is 2.22 bits per heavy atom. The number of carbonyl (C=O) groups is 1. The molecule has 2 aromatic heterocycles. The fourth-order valence-corrected chi connectivity index (χ4v) is 2.80. The summed E-state index contributed by atoms with van der Waals surface area (Å²) in [6.45, 7) is 0.265. The Kier molecular flexibility index (Phi) is 3.18. The first-order valence-corrected chi connectivity index (χ1v) is 7.32. The second-order valence-corrected chi connectivity index (χ2v) is 5.43. The molecule has 0 aliphatic carbocycles. The molecule has 116 valence electrons. The molecule has 1 atom stereocenters. The smallest absolute Gasteiger partial charge is 0.243 e. The molecule has 0 spiro atoms. The van der Waals surface area contributed by atoms with Crippen LogP contribution in [-0.4, -0.2) is 26.5 Å². The molecule has 7 heteroatoms. The van der Waals surface area contributed by atoms with Crippen molar-refractivity contribution in [3.63, 3.8) is 0 Å². The van der Waals surface area contributed by atoms with Gasteiger partial charge >= 0.3 is 0 Å². The standard InChI is InChI=1S/C16H14FN5O/c17-11-4-3-5-12-10(11)8-13(19-12)16(23)18-9-15-21-20-14-6-1-2-7-22(14)15/h1-7,13,19H,8-9H2,(H,18,23). The van der Waals surface area contributed by atoms with E-state index in [-0.39, 0.29) is 18.3 Å². The third-order valence-corrected chi connectivity index (χ3v) is 3.98. The van der Waals surface area contributed by atoms with Gasteiger partial charge in [-0.2, -0.15) is 0 Å². The first kappa shape index (κ1) is 13.7. The zero-order chi connectivity index (χ0) is 15.8. The van der Waals surface area contributed by atoms with Crippen LogP contribution in [0.1, 0.15) is 11.4 Å². The minimum atomic E-state index is -0.471. The maximum atomic E-state index is 13.7. The summed E-state index contributed by atoms with van der Waals surface area (Å²) >= 11 is 0. The minimum Gasteiger partial charge on any atom is -0.373 e. The Labute approximate surface area is 131 Å². The number of amides is 1. The van der Waals surface area contributed by atoms with Crippen molar-refractivity contribution >= 4 is 17.2 Å². The molecule has 3 heterocycles. The number of halogens is 1. The van der Waals surface area contributed by atoms with Gasteiger partial charge in [0.05, 0.1) is 6.54 Å². The Bertz CT molecular complexity index is 891. The number of aromatic nitrogens is 3. The van der Waals surface area contributed by atoms with Crippen LogP contribution in [0, 0.1) is 5.82 Å². The third-order valence-electron chi connectivity index (χ3n) is 3.98. The molecule has 23 heavy (non-hydrogen) atoms. The average Bonchev–Trinajstić information content (AvgIpc) is 3.17. The van der Waals surface area contributed by atoms with Crippen LogP contribution in [-0.2, 0) is 17.8 Å². The van der Waals surface area contributed by atoms with E-state index in [2.05, 4.69) is 20.8 Å². The fourth-order valence-electron chi connectivity index (χ4n) is 2.80. The first-order valence-electron chi connectivity index (χ1n) is 7.32. The summed E-state index contributed by atoms with van der Waals surface area (Å²) < 4.78 is 15.5. The van der Waals surface area contributed by atoms with Gasteiger partial charge in [-0.1, -0.05) is 12.1 Å². The highest BCUT2D eigenvalue weighted by molar-refractivity contribution is 5.87. The van der Waals surface area contributed by atoms with E-state index in [1.807, 2.05) is 28.8 Å². The van der Waals surface area contributed by atoms with E-state index >= 15 is 0 Å². The zero-order valence-electron chi connectivity index (χ0n) is 12.2. The number of nitrogens with one attached hydrogen (secondary N) is 2. The van der Waals surface area contributed by atoms with Gasteiger partial charge in [-0.05, 0) is 24.3 Å². The van der Waals surface area contributed by atoms with Gasteiger partial charge in [0.15, 0.2) is 11.5 Å². The van der Waals surface area contributed by atoms with Crippen LogP contribution in [0.3, 0.4) is 0 Å². The van der Waals surface area contributed by atoms with E-state index in [1.165, 1.54) is 6.07 Å². The molecule has 1 unspecified atom stereocenters. The van der Waals surface area contributed by atoms with Gasteiger partial charge in [-0.25, -0.2) is 4.39 Å². The molecule has 4 rings (SSSR count). The molecule has 2 N–H and O–H groups in total. The largest absolute Gasteiger partial charge is 0.373 e. The molecule has 1 aromatic carbocycles. The number of pyridine rings is 1. The fraction of sp³-hybridized carbons (Fsp3) is 0.188. The summed E-state index contributed by atoms with van der Waals surface area (Å²) in [6, 6.07) is 9.93. The van der Waals surface area contributed by atoms with Crippen molar-refractivity contribution in [1.82, 2.24) is 19.9 Å². The second kappa shape index (κ2) is 5.35. The van der Waals surface area contributed by atoms with Gasteiger partial charge in [-0.3, -0.25) is 9.20 Å². The van der Waals surface area contributed by atoms with Crippen LogP contribution in [0.4, 0.5) is 10.1 Å². The van der Waals surface area contributed by atoms with Crippen LogP contribution in [0.25, 0.3) is 5.65 Å². The molecule has 3 aromatic rings. The van der Waals surface area contributed by atoms with Crippen molar-refractivity contribution in [2.24, 2.45) is 0 Å². The Balaban J connectivity index is 1.45. The summed E-state index contributed by atoms with van der Waals surface area (Å²) in [5.41, 5.74) is 1.96. The molecule has 0 fully saturated rings. The third kappa shape index (κ3) is 2.40. The van der Waals surface area contributed by atoms with Crippen LogP contribution < -0.4 is 10.6 Å². The average molecular weight is 311 g/mol. The Hall–Kier alpha value is -2.96. The Morgan fingerprint density at radius 3 is 3.09 bits per heavy atom. The highest BCUT2D eigenvalue weighted by Gasteiger charge is 2.28. The number of anilines is 1. The number of nitrogens with zero attached hydrogens (tertiary/aromatic N) is 3. The number of fused-ring (bicyclic) bond motifs is 2. The number of hydrogen-bond acceptors (Lipinski definition) is 4. The lowest BCUT2D eigenvalue weighted by Crippen LogP contribution is -2.38. The highest BCUT2D eigenvalue weighted by Crippen LogP contribution is 2.27. The summed E-state index contributed by atoms with van der Waals surface area (Å²) in [4.78, 5) is 12.3. The van der Waals surface area contributed by atoms with Crippen molar-refractivity contribution in [3.05, 3.63) is 59.8 Å². The lowest BCUT2D eigenvalue weighted by Gasteiger charge is -2.11. The van der Waals surface area contributed by atoms with Crippen molar-refractivity contribution in [2.75, 3.05) is 5.32 Å². The van der Waals surface area contributed by atoms with Crippen LogP contribution in [0.2, 0.25) is 0 Å². The predicted molar refractivity (Wildman–Crippen MR) is 82.3 cm³/mol. The summed E-state index contributed by atoms with van der Waals surface area (Å²) in [7, 11) is 0. The molecule has 0 saturated heterocycles. The molecule has 0 radical (unpaired) electrons. The molecule has 1 aliphatic heterocycles. The van der Waals surface area contributed by atoms with Gasteiger partial charge in [-0.15, -0.1) is 10.2 Å². The Morgan fingerprint density at radius 1 is 1.30 bits per heavy atom. The van der Waals surface area contributed by atoms with E-state index in [1.54, 1.807) is 12.1 Å². The predicted octanol–water partition coefficient (Wildman–Crippen LogP) is 1.52. The first-order chi connectivity index (χ1) is 11.2. The lowest BCUT2D eigenvalue weighted by molar-refractivity contribution is -0.121. The van der Waals surface area contributed by atoms with Gasteiger partial charge in [0, 0.05) is 23.9 Å². The molecule has 1 aliphatic rings. The number of carbonyl (C=O) groups excluding carboxylic acids is 1. The maximum Gasteiger partial charge on any atom is 0.243 e. The van der Waals surface area contributed by atoms with Crippen LogP contribution in [0.15, 0.2) is 42.6 Å². The van der Waals surface area contributed by atoms with Gasteiger partial charge in [0.2, 0.25) is 5.91 Å². The molecular weight excluding hydrogens is 297 g/mol. The van der Waals surface area contributed by atoms with E-state index in [0.717, 1.165) is 5.65 Å². The number of benzene rings is 1. The minimum absolute atomic E-state index is 0.187. The van der Waals surface area contributed by atoms with E-state index in [9.17, 15) is 9.18 Å². The van der Waals surface area contributed by atoms with Crippen LogP contribution >= 0.6 is 0 Å². The quantitative estimate of drug-likeness (QED) is 0.769. The molecule has 1 amide bonds. The summed E-state index contributed by atoms with van der Waals surface area (Å²) in [5, 5.41) is 14.0. The molecule has 6 nitrogen and oxygen atoms in total. The van der Waals surface area contributed by atoms with Gasteiger partial charge < -0.3 is 10.6 Å². The van der Waals surface area contributed by atoms with Gasteiger partial charge in [0.1, 0.15) is 11.9 Å². The molecule has 0 bridgehead atoms. The van der Waals surface area contributed by atoms with Gasteiger partial charge in [0.25, 0.3) is 0 Å². The topological polar surface area (TPSA) is 71.3 Å². The van der Waals surface area contributed by atoms with E-state index in [4.69, 9.17) is 0 Å².